The van der Waals surface area contributed by atoms with E-state index in [2.05, 4.69) is 30.4 Å². The number of rotatable bonds is 4. The summed E-state index contributed by atoms with van der Waals surface area (Å²) in [5, 5.41) is 3.73. The number of hydrogen-bond donors (Lipinski definition) is 1. The van der Waals surface area contributed by atoms with Crippen LogP contribution in [0.1, 0.15) is 44.1 Å². The molecular weight excluding hydrogens is 234 g/mol. The smallest absolute Gasteiger partial charge is 0.121 e. The molecule has 0 bridgehead atoms. The normalized spacial score (nSPS) is 27.1. The Labute approximate surface area is 116 Å². The lowest BCUT2D eigenvalue weighted by Crippen LogP contribution is -2.28. The predicted molar refractivity (Wildman–Crippen MR) is 79.8 cm³/mol. The van der Waals surface area contributed by atoms with Crippen LogP contribution in [0.2, 0.25) is 0 Å². The first-order chi connectivity index (χ1) is 9.26. The third-order valence-electron chi connectivity index (χ3n) is 4.77. The summed E-state index contributed by atoms with van der Waals surface area (Å²) in [4.78, 5) is 0. The highest BCUT2D eigenvalue weighted by Gasteiger charge is 2.34. The molecule has 2 nitrogen and oxygen atoms in total. The molecular formula is C17H25NO. The van der Waals surface area contributed by atoms with E-state index in [4.69, 9.17) is 4.74 Å². The van der Waals surface area contributed by atoms with Gasteiger partial charge in [-0.2, -0.15) is 0 Å². The molecule has 2 atom stereocenters. The van der Waals surface area contributed by atoms with Gasteiger partial charge >= 0.3 is 0 Å². The summed E-state index contributed by atoms with van der Waals surface area (Å²) in [6.45, 7) is 2.11. The topological polar surface area (TPSA) is 21.3 Å². The van der Waals surface area contributed by atoms with Crippen LogP contribution < -0.4 is 10.1 Å². The molecule has 1 aromatic rings. The minimum Gasteiger partial charge on any atom is -0.496 e. The monoisotopic (exact) mass is 259 g/mol. The van der Waals surface area contributed by atoms with E-state index in [0.29, 0.717) is 6.04 Å². The fourth-order valence-electron chi connectivity index (χ4n) is 3.56. The first-order valence-electron chi connectivity index (χ1n) is 7.67. The van der Waals surface area contributed by atoms with Crippen molar-refractivity contribution in [3.63, 3.8) is 0 Å². The number of benzene rings is 1. The van der Waals surface area contributed by atoms with Crippen molar-refractivity contribution in [1.82, 2.24) is 0 Å². The van der Waals surface area contributed by atoms with Crippen LogP contribution in [0.3, 0.4) is 0 Å². The van der Waals surface area contributed by atoms with Crippen molar-refractivity contribution >= 4 is 5.69 Å². The molecule has 2 heteroatoms. The summed E-state index contributed by atoms with van der Waals surface area (Å²) in [7, 11) is 1.73. The van der Waals surface area contributed by atoms with Gasteiger partial charge in [0.1, 0.15) is 5.75 Å². The van der Waals surface area contributed by atoms with Crippen molar-refractivity contribution in [1.29, 1.82) is 0 Å². The molecule has 1 N–H and O–H groups in total. The van der Waals surface area contributed by atoms with Gasteiger partial charge in [-0.15, -0.1) is 0 Å². The van der Waals surface area contributed by atoms with Crippen LogP contribution in [-0.4, -0.2) is 13.2 Å². The number of methoxy groups -OCH3 is 1. The van der Waals surface area contributed by atoms with E-state index in [1.807, 2.05) is 0 Å². The molecule has 2 fully saturated rings. The average molecular weight is 259 g/mol. The van der Waals surface area contributed by atoms with E-state index < -0.39 is 0 Å². The van der Waals surface area contributed by atoms with E-state index in [0.717, 1.165) is 17.6 Å². The number of nitrogens with one attached hydrogen (secondary N) is 1. The third kappa shape index (κ3) is 3.05. The van der Waals surface area contributed by atoms with Crippen molar-refractivity contribution in [3.8, 4) is 5.75 Å². The van der Waals surface area contributed by atoms with Gasteiger partial charge in [-0.3, -0.25) is 0 Å². The fraction of sp³-hybridized carbons (Fsp3) is 0.647. The van der Waals surface area contributed by atoms with Crippen molar-refractivity contribution < 1.29 is 4.74 Å². The van der Waals surface area contributed by atoms with Crippen LogP contribution in [0.25, 0.3) is 0 Å². The second kappa shape index (κ2) is 5.44. The molecule has 2 unspecified atom stereocenters. The first kappa shape index (κ1) is 12.8. The van der Waals surface area contributed by atoms with Crippen molar-refractivity contribution in [2.24, 2.45) is 11.8 Å². The van der Waals surface area contributed by atoms with Crippen molar-refractivity contribution in [2.75, 3.05) is 12.4 Å². The molecule has 0 spiro atoms. The Balaban J connectivity index is 1.62. The Morgan fingerprint density at radius 2 is 1.95 bits per heavy atom. The van der Waals surface area contributed by atoms with Gasteiger partial charge in [-0.25, -0.2) is 0 Å². The second-order valence-electron chi connectivity index (χ2n) is 6.29. The van der Waals surface area contributed by atoms with E-state index in [9.17, 15) is 0 Å². The van der Waals surface area contributed by atoms with Gasteiger partial charge in [0.15, 0.2) is 0 Å². The Bertz CT molecular complexity index is 439. The van der Waals surface area contributed by atoms with Crippen LogP contribution >= 0.6 is 0 Å². The molecule has 0 aliphatic heterocycles. The minimum absolute atomic E-state index is 0.673. The van der Waals surface area contributed by atoms with Gasteiger partial charge in [-0.1, -0.05) is 12.8 Å². The summed E-state index contributed by atoms with van der Waals surface area (Å²) in [5.41, 5.74) is 2.46. The summed E-state index contributed by atoms with van der Waals surface area (Å²) in [6, 6.07) is 7.09. The molecule has 0 heterocycles. The number of ether oxygens (including phenoxy) is 1. The molecule has 0 aromatic heterocycles. The van der Waals surface area contributed by atoms with Gasteiger partial charge in [0, 0.05) is 11.7 Å². The minimum atomic E-state index is 0.673. The van der Waals surface area contributed by atoms with E-state index in [-0.39, 0.29) is 0 Å². The van der Waals surface area contributed by atoms with Crippen molar-refractivity contribution in [3.05, 3.63) is 23.8 Å². The van der Waals surface area contributed by atoms with Gasteiger partial charge in [0.05, 0.1) is 7.11 Å². The van der Waals surface area contributed by atoms with E-state index in [1.165, 1.54) is 49.8 Å². The molecule has 2 saturated carbocycles. The predicted octanol–water partition coefficient (Wildman–Crippen LogP) is 4.38. The van der Waals surface area contributed by atoms with Crippen LogP contribution in [-0.2, 0) is 0 Å². The largest absolute Gasteiger partial charge is 0.496 e. The zero-order chi connectivity index (χ0) is 13.2. The van der Waals surface area contributed by atoms with Crippen LogP contribution in [0, 0.1) is 18.8 Å². The Morgan fingerprint density at radius 1 is 1.11 bits per heavy atom. The van der Waals surface area contributed by atoms with Gasteiger partial charge < -0.3 is 10.1 Å². The highest BCUT2D eigenvalue weighted by molar-refractivity contribution is 5.51. The van der Waals surface area contributed by atoms with E-state index in [1.54, 1.807) is 7.11 Å². The number of anilines is 1. The third-order valence-corrected chi connectivity index (χ3v) is 4.77. The lowest BCUT2D eigenvalue weighted by atomic mass is 9.82. The maximum Gasteiger partial charge on any atom is 0.121 e. The molecule has 0 saturated heterocycles. The quantitative estimate of drug-likeness (QED) is 0.866. The Morgan fingerprint density at radius 3 is 2.63 bits per heavy atom. The maximum absolute atomic E-state index is 5.32. The van der Waals surface area contributed by atoms with Crippen LogP contribution in [0.5, 0.6) is 5.75 Å². The lowest BCUT2D eigenvalue weighted by molar-refractivity contribution is 0.303. The molecule has 0 radical (unpaired) electrons. The SMILES string of the molecule is COc1ccc(NC2CCCC(C3CC3)C2)cc1C. The summed E-state index contributed by atoms with van der Waals surface area (Å²) < 4.78 is 5.32. The fourth-order valence-corrected chi connectivity index (χ4v) is 3.56. The Hall–Kier alpha value is -1.18. The van der Waals surface area contributed by atoms with Crippen molar-refractivity contribution in [2.45, 2.75) is 51.5 Å². The highest BCUT2D eigenvalue weighted by Crippen LogP contribution is 2.44. The molecule has 0 amide bonds. The van der Waals surface area contributed by atoms with Gasteiger partial charge in [-0.05, 0) is 68.2 Å². The lowest BCUT2D eigenvalue weighted by Gasteiger charge is -2.30. The van der Waals surface area contributed by atoms with E-state index >= 15 is 0 Å². The molecule has 104 valence electrons. The molecule has 19 heavy (non-hydrogen) atoms. The first-order valence-corrected chi connectivity index (χ1v) is 7.67. The zero-order valence-corrected chi connectivity index (χ0v) is 12.1. The summed E-state index contributed by atoms with van der Waals surface area (Å²) in [5.74, 6) is 3.03. The highest BCUT2D eigenvalue weighted by atomic mass is 16.5. The number of hydrogen-bond acceptors (Lipinski definition) is 2. The maximum atomic E-state index is 5.32. The standard InChI is InChI=1S/C17H25NO/c1-12-10-16(8-9-17(12)19-2)18-15-5-3-4-14(11-15)13-6-7-13/h8-10,13-15,18H,3-7,11H2,1-2H3. The molecule has 2 aliphatic carbocycles. The molecule has 1 aromatic carbocycles. The second-order valence-corrected chi connectivity index (χ2v) is 6.29. The van der Waals surface area contributed by atoms with Crippen LogP contribution in [0.15, 0.2) is 18.2 Å². The van der Waals surface area contributed by atoms with Crippen LogP contribution in [0.4, 0.5) is 5.69 Å². The zero-order valence-electron chi connectivity index (χ0n) is 12.1. The molecule has 3 rings (SSSR count). The Kier molecular flexibility index (Phi) is 3.67. The number of aryl methyl sites for hydroxylation is 1. The molecule has 2 aliphatic rings. The van der Waals surface area contributed by atoms with Gasteiger partial charge in [0.2, 0.25) is 0 Å². The summed E-state index contributed by atoms with van der Waals surface area (Å²) >= 11 is 0. The summed E-state index contributed by atoms with van der Waals surface area (Å²) in [6.07, 6.45) is 8.53. The average Bonchev–Trinajstić information content (AvgIpc) is 3.24. The van der Waals surface area contributed by atoms with Gasteiger partial charge in [0.25, 0.3) is 0 Å².